The monoisotopic (exact) mass is 185 g/mol. The Morgan fingerprint density at radius 3 is 2.92 bits per heavy atom. The van der Waals surface area contributed by atoms with Crippen LogP contribution in [0.2, 0.25) is 0 Å². The summed E-state index contributed by atoms with van der Waals surface area (Å²) >= 11 is 0. The largest absolute Gasteiger partial charge is 0.468 e. The van der Waals surface area contributed by atoms with Crippen LogP contribution in [-0.4, -0.2) is 41.4 Å². The van der Waals surface area contributed by atoms with Gasteiger partial charge in [-0.05, 0) is 19.2 Å². The van der Waals surface area contributed by atoms with Gasteiger partial charge in [0.25, 0.3) is 0 Å². The number of hydrogen-bond donors (Lipinski definition) is 2. The number of rotatable bonds is 5. The Bertz CT molecular complexity index is 223. The molecule has 1 heterocycles. The summed E-state index contributed by atoms with van der Waals surface area (Å²) in [7, 11) is 1.86. The van der Waals surface area contributed by atoms with Crippen molar-refractivity contribution in [3.8, 4) is 0 Å². The molecule has 4 heteroatoms. The standard InChI is InChI=1S/C9H15NO3/c1-10(5-8(12)7-11)6-9-3-2-4-13-9/h2-4,8,11-12H,5-7H2,1H3. The lowest BCUT2D eigenvalue weighted by Crippen LogP contribution is -2.30. The van der Waals surface area contributed by atoms with Crippen molar-refractivity contribution in [1.29, 1.82) is 0 Å². The quantitative estimate of drug-likeness (QED) is 0.681. The number of aliphatic hydroxyl groups excluding tert-OH is 2. The maximum Gasteiger partial charge on any atom is 0.117 e. The Morgan fingerprint density at radius 1 is 1.62 bits per heavy atom. The molecule has 0 radical (unpaired) electrons. The highest BCUT2D eigenvalue weighted by Crippen LogP contribution is 2.03. The van der Waals surface area contributed by atoms with Crippen molar-refractivity contribution in [1.82, 2.24) is 4.90 Å². The molecule has 13 heavy (non-hydrogen) atoms. The maximum atomic E-state index is 9.13. The van der Waals surface area contributed by atoms with Gasteiger partial charge in [0, 0.05) is 6.54 Å². The first kappa shape index (κ1) is 10.2. The molecule has 1 atom stereocenters. The van der Waals surface area contributed by atoms with E-state index in [1.807, 2.05) is 24.1 Å². The number of aliphatic hydroxyl groups is 2. The lowest BCUT2D eigenvalue weighted by atomic mass is 10.3. The fourth-order valence-corrected chi connectivity index (χ4v) is 1.15. The van der Waals surface area contributed by atoms with Crippen molar-refractivity contribution in [3.63, 3.8) is 0 Å². The van der Waals surface area contributed by atoms with Gasteiger partial charge in [0.2, 0.25) is 0 Å². The zero-order valence-electron chi connectivity index (χ0n) is 7.68. The van der Waals surface area contributed by atoms with Crippen molar-refractivity contribution in [2.75, 3.05) is 20.2 Å². The zero-order valence-corrected chi connectivity index (χ0v) is 7.68. The van der Waals surface area contributed by atoms with Crippen LogP contribution >= 0.6 is 0 Å². The fraction of sp³-hybridized carbons (Fsp3) is 0.556. The molecule has 0 bridgehead atoms. The molecule has 2 N–H and O–H groups in total. The Morgan fingerprint density at radius 2 is 2.38 bits per heavy atom. The van der Waals surface area contributed by atoms with Crippen molar-refractivity contribution in [3.05, 3.63) is 24.2 Å². The number of hydrogen-bond acceptors (Lipinski definition) is 4. The smallest absolute Gasteiger partial charge is 0.117 e. The Hall–Kier alpha value is -0.840. The Kier molecular flexibility index (Phi) is 3.95. The van der Waals surface area contributed by atoms with E-state index in [0.29, 0.717) is 13.1 Å². The fourth-order valence-electron chi connectivity index (χ4n) is 1.15. The predicted molar refractivity (Wildman–Crippen MR) is 48.1 cm³/mol. The molecule has 0 aliphatic carbocycles. The molecule has 0 spiro atoms. The summed E-state index contributed by atoms with van der Waals surface area (Å²) in [4.78, 5) is 1.89. The van der Waals surface area contributed by atoms with Crippen LogP contribution in [0, 0.1) is 0 Å². The Balaban J connectivity index is 2.29. The second-order valence-corrected chi connectivity index (χ2v) is 3.11. The molecule has 0 aromatic carbocycles. The number of furan rings is 1. The van der Waals surface area contributed by atoms with E-state index in [9.17, 15) is 0 Å². The summed E-state index contributed by atoms with van der Waals surface area (Å²) in [5, 5.41) is 17.7. The number of nitrogens with zero attached hydrogens (tertiary/aromatic N) is 1. The first-order valence-electron chi connectivity index (χ1n) is 4.22. The Labute approximate surface area is 77.4 Å². The van der Waals surface area contributed by atoms with E-state index < -0.39 is 6.10 Å². The highest BCUT2D eigenvalue weighted by Gasteiger charge is 2.07. The average Bonchev–Trinajstić information content (AvgIpc) is 2.56. The molecular formula is C9H15NO3. The van der Waals surface area contributed by atoms with Crippen molar-refractivity contribution < 1.29 is 14.6 Å². The van der Waals surface area contributed by atoms with Crippen LogP contribution in [0.25, 0.3) is 0 Å². The summed E-state index contributed by atoms with van der Waals surface area (Å²) in [6, 6.07) is 3.70. The lowest BCUT2D eigenvalue weighted by molar-refractivity contribution is 0.0631. The normalized spacial score (nSPS) is 13.5. The van der Waals surface area contributed by atoms with E-state index in [1.165, 1.54) is 0 Å². The van der Waals surface area contributed by atoms with Crippen LogP contribution in [0.4, 0.5) is 0 Å². The molecule has 0 aliphatic heterocycles. The highest BCUT2D eigenvalue weighted by molar-refractivity contribution is 4.97. The minimum absolute atomic E-state index is 0.206. The third kappa shape index (κ3) is 3.59. The third-order valence-corrected chi connectivity index (χ3v) is 1.74. The topological polar surface area (TPSA) is 56.8 Å². The summed E-state index contributed by atoms with van der Waals surface area (Å²) in [6.07, 6.45) is 0.936. The van der Waals surface area contributed by atoms with Crippen LogP contribution < -0.4 is 0 Å². The van der Waals surface area contributed by atoms with E-state index >= 15 is 0 Å². The second-order valence-electron chi connectivity index (χ2n) is 3.11. The molecule has 1 aromatic rings. The molecule has 74 valence electrons. The maximum absolute atomic E-state index is 9.13. The molecule has 0 aliphatic rings. The van der Waals surface area contributed by atoms with Crippen LogP contribution in [0.15, 0.2) is 22.8 Å². The molecule has 1 aromatic heterocycles. The van der Waals surface area contributed by atoms with Crippen molar-refractivity contribution in [2.24, 2.45) is 0 Å². The third-order valence-electron chi connectivity index (χ3n) is 1.74. The molecule has 1 rings (SSSR count). The molecule has 4 nitrogen and oxygen atoms in total. The second kappa shape index (κ2) is 5.01. The van der Waals surface area contributed by atoms with Gasteiger partial charge in [0.1, 0.15) is 5.76 Å². The first-order valence-corrected chi connectivity index (χ1v) is 4.22. The number of likely N-dealkylation sites (N-methyl/N-ethyl adjacent to an activating group) is 1. The summed E-state index contributed by atoms with van der Waals surface area (Å²) in [5.41, 5.74) is 0. The molecule has 0 saturated carbocycles. The van der Waals surface area contributed by atoms with Gasteiger partial charge in [-0.2, -0.15) is 0 Å². The lowest BCUT2D eigenvalue weighted by Gasteiger charge is -2.17. The van der Waals surface area contributed by atoms with Gasteiger partial charge in [0.05, 0.1) is 25.5 Å². The van der Waals surface area contributed by atoms with Gasteiger partial charge in [-0.3, -0.25) is 4.90 Å². The minimum atomic E-state index is -0.681. The molecule has 0 saturated heterocycles. The van der Waals surface area contributed by atoms with Crippen LogP contribution in [0.1, 0.15) is 5.76 Å². The van der Waals surface area contributed by atoms with Gasteiger partial charge in [-0.15, -0.1) is 0 Å². The predicted octanol–water partition coefficient (Wildman–Crippen LogP) is 0.0646. The highest BCUT2D eigenvalue weighted by atomic mass is 16.3. The SMILES string of the molecule is CN(Cc1ccco1)CC(O)CO. The molecular weight excluding hydrogens is 170 g/mol. The van der Waals surface area contributed by atoms with Gasteiger partial charge < -0.3 is 14.6 Å². The van der Waals surface area contributed by atoms with E-state index in [-0.39, 0.29) is 6.61 Å². The first-order chi connectivity index (χ1) is 6.22. The average molecular weight is 185 g/mol. The van der Waals surface area contributed by atoms with Crippen LogP contribution in [-0.2, 0) is 6.54 Å². The summed E-state index contributed by atoms with van der Waals surface area (Å²) < 4.78 is 5.13. The van der Waals surface area contributed by atoms with Crippen molar-refractivity contribution in [2.45, 2.75) is 12.6 Å². The van der Waals surface area contributed by atoms with E-state index in [2.05, 4.69) is 0 Å². The molecule has 0 amide bonds. The van der Waals surface area contributed by atoms with E-state index in [0.717, 1.165) is 5.76 Å². The minimum Gasteiger partial charge on any atom is -0.468 e. The molecule has 1 unspecified atom stereocenters. The van der Waals surface area contributed by atoms with Crippen LogP contribution in [0.3, 0.4) is 0 Å². The van der Waals surface area contributed by atoms with Gasteiger partial charge in [0.15, 0.2) is 0 Å². The van der Waals surface area contributed by atoms with E-state index in [1.54, 1.807) is 6.26 Å². The van der Waals surface area contributed by atoms with Crippen LogP contribution in [0.5, 0.6) is 0 Å². The van der Waals surface area contributed by atoms with Crippen molar-refractivity contribution >= 4 is 0 Å². The van der Waals surface area contributed by atoms with Gasteiger partial charge >= 0.3 is 0 Å². The zero-order chi connectivity index (χ0) is 9.68. The van der Waals surface area contributed by atoms with E-state index in [4.69, 9.17) is 14.6 Å². The molecule has 0 fully saturated rings. The summed E-state index contributed by atoms with van der Waals surface area (Å²) in [6.45, 7) is 0.879. The van der Waals surface area contributed by atoms with Gasteiger partial charge in [-0.1, -0.05) is 0 Å². The van der Waals surface area contributed by atoms with Gasteiger partial charge in [-0.25, -0.2) is 0 Å². The summed E-state index contributed by atoms with van der Waals surface area (Å²) in [5.74, 6) is 0.854.